The van der Waals surface area contributed by atoms with Gasteiger partial charge in [-0.1, -0.05) is 32.8 Å². The molecule has 0 aromatic carbocycles. The topological polar surface area (TPSA) is 77.8 Å². The van der Waals surface area contributed by atoms with E-state index >= 15 is 0 Å². The number of carboxylic acids is 1. The molecule has 24 heavy (non-hydrogen) atoms. The first-order valence-electron chi connectivity index (χ1n) is 9.21. The predicted octanol–water partition coefficient (Wildman–Crippen LogP) is 3.76. The maximum atomic E-state index is 11.1. The maximum Gasteiger partial charge on any atom is 0.328 e. The summed E-state index contributed by atoms with van der Waals surface area (Å²) in [5, 5.41) is 30.8. The molecule has 0 bridgehead atoms. The second-order valence-corrected chi connectivity index (χ2v) is 9.37. The number of carboxylic acid groups (broad SMARTS) is 1. The van der Waals surface area contributed by atoms with E-state index in [1.54, 1.807) is 0 Å². The second kappa shape index (κ2) is 6.45. The predicted molar refractivity (Wildman–Crippen MR) is 94.6 cm³/mol. The molecule has 0 heterocycles. The van der Waals surface area contributed by atoms with Crippen molar-refractivity contribution in [3.8, 4) is 0 Å². The largest absolute Gasteiger partial charge is 0.478 e. The van der Waals surface area contributed by atoms with Crippen molar-refractivity contribution in [2.24, 2.45) is 22.7 Å². The molecule has 0 aromatic heterocycles. The molecule has 0 spiro atoms. The number of aliphatic carboxylic acids is 1. The average Bonchev–Trinajstić information content (AvgIpc) is 2.33. The fraction of sp³-hybridized carbons (Fsp3) is 0.850. The Morgan fingerprint density at radius 2 is 1.83 bits per heavy atom. The van der Waals surface area contributed by atoms with Gasteiger partial charge in [0, 0.05) is 12.5 Å². The van der Waals surface area contributed by atoms with Crippen LogP contribution in [-0.4, -0.2) is 33.0 Å². The van der Waals surface area contributed by atoms with Crippen LogP contribution in [0.25, 0.3) is 0 Å². The third kappa shape index (κ3) is 3.55. The Labute approximate surface area is 146 Å². The molecule has 3 N–H and O–H groups in total. The number of fused-ring (bicyclic) bond motifs is 1. The minimum atomic E-state index is -0.916. The molecule has 2 aliphatic rings. The first-order valence-corrected chi connectivity index (χ1v) is 9.21. The molecule has 0 radical (unpaired) electrons. The molecule has 138 valence electrons. The Bertz CT molecular complexity index is 520. The molecule has 4 nitrogen and oxygen atoms in total. The Morgan fingerprint density at radius 1 is 1.21 bits per heavy atom. The molecule has 0 saturated heterocycles. The molecule has 5 atom stereocenters. The first-order chi connectivity index (χ1) is 10.9. The molecule has 2 fully saturated rings. The zero-order valence-electron chi connectivity index (χ0n) is 15.8. The highest BCUT2D eigenvalue weighted by molar-refractivity contribution is 5.80. The van der Waals surface area contributed by atoms with Crippen LogP contribution >= 0.6 is 0 Å². The summed E-state index contributed by atoms with van der Waals surface area (Å²) in [5.74, 6) is -0.677. The third-order valence-electron chi connectivity index (χ3n) is 6.84. The van der Waals surface area contributed by atoms with Crippen LogP contribution in [0.5, 0.6) is 0 Å². The maximum absolute atomic E-state index is 11.1. The summed E-state index contributed by atoms with van der Waals surface area (Å²) in [5.41, 5.74) is -0.138. The summed E-state index contributed by atoms with van der Waals surface area (Å²) >= 11 is 0. The average molecular weight is 338 g/mol. The molecule has 2 saturated carbocycles. The fourth-order valence-electron chi connectivity index (χ4n) is 6.17. The highest BCUT2D eigenvalue weighted by Crippen LogP contribution is 2.62. The molecule has 0 aliphatic heterocycles. The second-order valence-electron chi connectivity index (χ2n) is 9.37. The van der Waals surface area contributed by atoms with Gasteiger partial charge in [0.2, 0.25) is 0 Å². The third-order valence-corrected chi connectivity index (χ3v) is 6.84. The van der Waals surface area contributed by atoms with Gasteiger partial charge >= 0.3 is 5.97 Å². The van der Waals surface area contributed by atoms with Gasteiger partial charge in [0.25, 0.3) is 0 Å². The van der Waals surface area contributed by atoms with Gasteiger partial charge in [-0.2, -0.15) is 0 Å². The van der Waals surface area contributed by atoms with Gasteiger partial charge < -0.3 is 15.3 Å². The number of hydrogen-bond acceptors (Lipinski definition) is 3. The Hall–Kier alpha value is -0.870. The summed E-state index contributed by atoms with van der Waals surface area (Å²) in [6, 6.07) is 0. The molecule has 0 amide bonds. The standard InChI is InChI=1S/C20H34O4/c1-13(11-16(22)23)7-8-15-19(4)10-6-9-18(2,3)17(19)14(21)12-20(15,5)24/h11,14-15,17,21,24H,6-10,12H2,1-5H3,(H,22,23)/b13-11+/t14-,15-,17+,19-,20-/m0/s1. The van der Waals surface area contributed by atoms with Gasteiger partial charge in [0.15, 0.2) is 0 Å². The summed E-state index contributed by atoms with van der Waals surface area (Å²) < 4.78 is 0. The monoisotopic (exact) mass is 338 g/mol. The van der Waals surface area contributed by atoms with Crippen LogP contribution in [0.2, 0.25) is 0 Å². The van der Waals surface area contributed by atoms with E-state index < -0.39 is 17.7 Å². The van der Waals surface area contributed by atoms with Gasteiger partial charge in [-0.05, 0) is 62.2 Å². The van der Waals surface area contributed by atoms with Crippen LogP contribution < -0.4 is 0 Å². The lowest BCUT2D eigenvalue weighted by atomic mass is 9.44. The van der Waals surface area contributed by atoms with E-state index in [0.717, 1.165) is 31.3 Å². The van der Waals surface area contributed by atoms with Crippen LogP contribution in [0.4, 0.5) is 0 Å². The van der Waals surface area contributed by atoms with E-state index in [2.05, 4.69) is 20.8 Å². The van der Waals surface area contributed by atoms with E-state index in [-0.39, 0.29) is 22.7 Å². The number of carbonyl (C=O) groups is 1. The number of hydrogen-bond donors (Lipinski definition) is 3. The zero-order chi connectivity index (χ0) is 18.3. The van der Waals surface area contributed by atoms with Crippen LogP contribution in [-0.2, 0) is 4.79 Å². The van der Waals surface area contributed by atoms with E-state index in [1.807, 2.05) is 13.8 Å². The van der Waals surface area contributed by atoms with E-state index in [9.17, 15) is 15.0 Å². The van der Waals surface area contributed by atoms with E-state index in [1.165, 1.54) is 6.08 Å². The smallest absolute Gasteiger partial charge is 0.328 e. The Kier molecular flexibility index (Phi) is 5.23. The molecule has 4 heteroatoms. The number of allylic oxidation sites excluding steroid dienone is 1. The molecule has 0 aromatic rings. The van der Waals surface area contributed by atoms with Crippen molar-refractivity contribution in [3.63, 3.8) is 0 Å². The highest BCUT2D eigenvalue weighted by Gasteiger charge is 2.60. The minimum Gasteiger partial charge on any atom is -0.478 e. The van der Waals surface area contributed by atoms with Crippen LogP contribution in [0.1, 0.15) is 73.1 Å². The summed E-state index contributed by atoms with van der Waals surface area (Å²) in [7, 11) is 0. The fourth-order valence-corrected chi connectivity index (χ4v) is 6.17. The summed E-state index contributed by atoms with van der Waals surface area (Å²) in [4.78, 5) is 10.8. The first kappa shape index (κ1) is 19.5. The van der Waals surface area contributed by atoms with Gasteiger partial charge in [0.1, 0.15) is 0 Å². The van der Waals surface area contributed by atoms with E-state index in [4.69, 9.17) is 5.11 Å². The Morgan fingerprint density at radius 3 is 2.42 bits per heavy atom. The van der Waals surface area contributed by atoms with Crippen molar-refractivity contribution in [2.45, 2.75) is 84.8 Å². The van der Waals surface area contributed by atoms with Gasteiger partial charge in [0.05, 0.1) is 11.7 Å². The molecule has 2 aliphatic carbocycles. The zero-order valence-corrected chi connectivity index (χ0v) is 15.8. The SMILES string of the molecule is C/C(=C\C(=O)O)CC[C@H]1[C@]2(C)CCCC(C)(C)[C@H]2[C@@H](O)C[C@]1(C)O. The van der Waals surface area contributed by atoms with E-state index in [0.29, 0.717) is 12.8 Å². The quantitative estimate of drug-likeness (QED) is 0.682. The lowest BCUT2D eigenvalue weighted by Gasteiger charge is -2.63. The van der Waals surface area contributed by atoms with Gasteiger partial charge in [-0.3, -0.25) is 0 Å². The lowest BCUT2D eigenvalue weighted by Crippen LogP contribution is -2.62. The van der Waals surface area contributed by atoms with Crippen molar-refractivity contribution >= 4 is 5.97 Å². The highest BCUT2D eigenvalue weighted by atomic mass is 16.4. The van der Waals surface area contributed by atoms with Crippen LogP contribution in [0.15, 0.2) is 11.6 Å². The lowest BCUT2D eigenvalue weighted by molar-refractivity contribution is -0.214. The van der Waals surface area contributed by atoms with Crippen molar-refractivity contribution in [1.29, 1.82) is 0 Å². The molecular weight excluding hydrogens is 304 g/mol. The number of rotatable bonds is 4. The van der Waals surface area contributed by atoms with Crippen LogP contribution in [0, 0.1) is 22.7 Å². The Balaban J connectivity index is 2.31. The molecule has 0 unspecified atom stereocenters. The molecule has 2 rings (SSSR count). The molecular formula is C20H34O4. The minimum absolute atomic E-state index is 0.0626. The number of aliphatic hydroxyl groups excluding tert-OH is 1. The van der Waals surface area contributed by atoms with Gasteiger partial charge in [-0.15, -0.1) is 0 Å². The summed E-state index contributed by atoms with van der Waals surface area (Å²) in [6.45, 7) is 10.4. The number of aliphatic hydroxyl groups is 2. The van der Waals surface area contributed by atoms with Crippen molar-refractivity contribution in [1.82, 2.24) is 0 Å². The van der Waals surface area contributed by atoms with Crippen molar-refractivity contribution < 1.29 is 20.1 Å². The van der Waals surface area contributed by atoms with Crippen molar-refractivity contribution in [3.05, 3.63) is 11.6 Å². The van der Waals surface area contributed by atoms with Crippen molar-refractivity contribution in [2.75, 3.05) is 0 Å². The summed E-state index contributed by atoms with van der Waals surface area (Å²) in [6.07, 6.45) is 5.86. The van der Waals surface area contributed by atoms with Gasteiger partial charge in [-0.25, -0.2) is 4.79 Å². The van der Waals surface area contributed by atoms with Crippen LogP contribution in [0.3, 0.4) is 0 Å². The normalized spacial score (nSPS) is 42.5.